The molecule has 78 valence electrons. The highest BCUT2D eigenvalue weighted by Gasteiger charge is 2.43. The van der Waals surface area contributed by atoms with Crippen molar-refractivity contribution in [2.75, 3.05) is 7.11 Å². The Morgan fingerprint density at radius 2 is 2.23 bits per heavy atom. The van der Waals surface area contributed by atoms with E-state index in [1.165, 1.54) is 0 Å². The molecule has 3 nitrogen and oxygen atoms in total. The van der Waals surface area contributed by atoms with Gasteiger partial charge in [0.1, 0.15) is 0 Å². The molecule has 0 aromatic heterocycles. The van der Waals surface area contributed by atoms with Crippen LogP contribution in [0.25, 0.3) is 0 Å². The molecule has 0 aromatic carbocycles. The van der Waals surface area contributed by atoms with Gasteiger partial charge in [-0.15, -0.1) is 0 Å². The Balaban J connectivity index is 2.71. The van der Waals surface area contributed by atoms with Gasteiger partial charge in [0.2, 0.25) is 0 Å². The Labute approximate surface area is 80.0 Å². The van der Waals surface area contributed by atoms with Crippen LogP contribution in [-0.2, 0) is 9.47 Å². The summed E-state index contributed by atoms with van der Waals surface area (Å²) in [7, 11) is 1.64. The molecule has 4 atom stereocenters. The molecule has 1 unspecified atom stereocenters. The third kappa shape index (κ3) is 2.03. The summed E-state index contributed by atoms with van der Waals surface area (Å²) in [6.07, 6.45) is 1.03. The van der Waals surface area contributed by atoms with Crippen molar-refractivity contribution < 1.29 is 14.6 Å². The maximum Gasteiger partial charge on any atom is 0.158 e. The van der Waals surface area contributed by atoms with Gasteiger partial charge in [0, 0.05) is 18.9 Å². The highest BCUT2D eigenvalue weighted by molar-refractivity contribution is 4.89. The summed E-state index contributed by atoms with van der Waals surface area (Å²) in [4.78, 5) is 0. The molecular weight excluding hydrogens is 168 g/mol. The number of ether oxygens (including phenoxy) is 2. The highest BCUT2D eigenvalue weighted by Crippen LogP contribution is 2.39. The van der Waals surface area contributed by atoms with E-state index in [0.29, 0.717) is 0 Å². The topological polar surface area (TPSA) is 38.7 Å². The second-order valence-electron chi connectivity index (χ2n) is 4.16. The van der Waals surface area contributed by atoms with Crippen molar-refractivity contribution in [3.8, 4) is 0 Å². The van der Waals surface area contributed by atoms with Gasteiger partial charge in [-0.05, 0) is 13.3 Å². The zero-order valence-corrected chi connectivity index (χ0v) is 8.91. The van der Waals surface area contributed by atoms with Crippen LogP contribution in [0.4, 0.5) is 0 Å². The van der Waals surface area contributed by atoms with Gasteiger partial charge in [0.05, 0.1) is 12.2 Å². The third-order valence-electron chi connectivity index (χ3n) is 3.23. The van der Waals surface area contributed by atoms with Crippen molar-refractivity contribution in [1.82, 2.24) is 0 Å². The lowest BCUT2D eigenvalue weighted by Crippen LogP contribution is -2.50. The first-order chi connectivity index (χ1) is 6.03. The highest BCUT2D eigenvalue weighted by atomic mass is 16.7. The molecule has 1 aliphatic heterocycles. The fraction of sp³-hybridized carbons (Fsp3) is 1.00. The van der Waals surface area contributed by atoms with Crippen LogP contribution in [0, 0.1) is 5.41 Å². The lowest BCUT2D eigenvalue weighted by Gasteiger charge is -2.44. The zero-order valence-electron chi connectivity index (χ0n) is 8.91. The minimum absolute atomic E-state index is 0.0711. The SMILES string of the molecule is CC[C@@]1(C)CC(OC)O[C@@H](C)[C@@H]1O. The van der Waals surface area contributed by atoms with Gasteiger partial charge < -0.3 is 14.6 Å². The smallest absolute Gasteiger partial charge is 0.158 e. The second kappa shape index (κ2) is 3.95. The van der Waals surface area contributed by atoms with Crippen LogP contribution in [0.5, 0.6) is 0 Å². The molecule has 0 bridgehead atoms. The normalized spacial score (nSPS) is 46.4. The van der Waals surface area contributed by atoms with E-state index in [1.54, 1.807) is 7.11 Å². The van der Waals surface area contributed by atoms with Gasteiger partial charge >= 0.3 is 0 Å². The molecule has 1 fully saturated rings. The summed E-state index contributed by atoms with van der Waals surface area (Å²) < 4.78 is 10.6. The van der Waals surface area contributed by atoms with E-state index in [0.717, 1.165) is 12.8 Å². The lowest BCUT2D eigenvalue weighted by atomic mass is 9.75. The average Bonchev–Trinajstić information content (AvgIpc) is 2.13. The van der Waals surface area contributed by atoms with Crippen LogP contribution < -0.4 is 0 Å². The van der Waals surface area contributed by atoms with Crippen LogP contribution >= 0.6 is 0 Å². The average molecular weight is 188 g/mol. The van der Waals surface area contributed by atoms with Crippen molar-refractivity contribution in [2.24, 2.45) is 5.41 Å². The molecule has 1 rings (SSSR count). The quantitative estimate of drug-likeness (QED) is 0.714. The van der Waals surface area contributed by atoms with E-state index in [1.807, 2.05) is 6.92 Å². The fourth-order valence-electron chi connectivity index (χ4n) is 1.92. The maximum atomic E-state index is 9.93. The summed E-state index contributed by atoms with van der Waals surface area (Å²) in [5.74, 6) is 0. The monoisotopic (exact) mass is 188 g/mol. The Morgan fingerprint density at radius 1 is 1.62 bits per heavy atom. The second-order valence-corrected chi connectivity index (χ2v) is 4.16. The molecule has 0 saturated carbocycles. The Hall–Kier alpha value is -0.120. The predicted octanol–water partition coefficient (Wildman–Crippen LogP) is 1.54. The first-order valence-electron chi connectivity index (χ1n) is 4.90. The predicted molar refractivity (Wildman–Crippen MR) is 50.4 cm³/mol. The van der Waals surface area contributed by atoms with Gasteiger partial charge in [-0.25, -0.2) is 0 Å². The summed E-state index contributed by atoms with van der Waals surface area (Å²) in [6, 6.07) is 0. The van der Waals surface area contributed by atoms with Crippen LogP contribution in [0.2, 0.25) is 0 Å². The minimum atomic E-state index is -0.385. The number of hydrogen-bond acceptors (Lipinski definition) is 3. The Kier molecular flexibility index (Phi) is 3.33. The van der Waals surface area contributed by atoms with E-state index < -0.39 is 0 Å². The van der Waals surface area contributed by atoms with Crippen molar-refractivity contribution in [1.29, 1.82) is 0 Å². The maximum absolute atomic E-state index is 9.93. The molecule has 0 aromatic rings. The van der Waals surface area contributed by atoms with E-state index in [-0.39, 0.29) is 23.9 Å². The summed E-state index contributed by atoms with van der Waals surface area (Å²) in [6.45, 7) is 6.07. The molecule has 1 aliphatic rings. The van der Waals surface area contributed by atoms with Gasteiger partial charge in [0.25, 0.3) is 0 Å². The van der Waals surface area contributed by atoms with E-state index in [4.69, 9.17) is 9.47 Å². The summed E-state index contributed by atoms with van der Waals surface area (Å²) in [5.41, 5.74) is -0.0711. The van der Waals surface area contributed by atoms with E-state index >= 15 is 0 Å². The number of hydrogen-bond donors (Lipinski definition) is 1. The van der Waals surface area contributed by atoms with Crippen molar-refractivity contribution in [3.05, 3.63) is 0 Å². The van der Waals surface area contributed by atoms with E-state index in [2.05, 4.69) is 13.8 Å². The zero-order chi connectivity index (χ0) is 10.1. The van der Waals surface area contributed by atoms with Gasteiger partial charge in [-0.2, -0.15) is 0 Å². The summed E-state index contributed by atoms with van der Waals surface area (Å²) in [5, 5.41) is 9.93. The molecule has 13 heavy (non-hydrogen) atoms. The molecule has 1 saturated heterocycles. The van der Waals surface area contributed by atoms with Crippen molar-refractivity contribution in [2.45, 2.75) is 52.1 Å². The summed E-state index contributed by atoms with van der Waals surface area (Å²) >= 11 is 0. The number of rotatable bonds is 2. The van der Waals surface area contributed by atoms with Crippen LogP contribution in [0.3, 0.4) is 0 Å². The molecule has 0 radical (unpaired) electrons. The van der Waals surface area contributed by atoms with Crippen LogP contribution in [0.15, 0.2) is 0 Å². The fourth-order valence-corrected chi connectivity index (χ4v) is 1.92. The minimum Gasteiger partial charge on any atom is -0.390 e. The Bertz CT molecular complexity index is 172. The van der Waals surface area contributed by atoms with Crippen molar-refractivity contribution >= 4 is 0 Å². The van der Waals surface area contributed by atoms with Gasteiger partial charge in [-0.3, -0.25) is 0 Å². The van der Waals surface area contributed by atoms with Crippen LogP contribution in [-0.4, -0.2) is 30.7 Å². The molecule has 0 amide bonds. The number of methoxy groups -OCH3 is 1. The molecule has 1 heterocycles. The lowest BCUT2D eigenvalue weighted by molar-refractivity contribution is -0.247. The molecular formula is C10H20O3. The first kappa shape index (κ1) is 11.0. The largest absolute Gasteiger partial charge is 0.390 e. The molecule has 1 N–H and O–H groups in total. The third-order valence-corrected chi connectivity index (χ3v) is 3.23. The van der Waals surface area contributed by atoms with Gasteiger partial charge in [0.15, 0.2) is 6.29 Å². The van der Waals surface area contributed by atoms with Crippen molar-refractivity contribution in [3.63, 3.8) is 0 Å². The van der Waals surface area contributed by atoms with Crippen LogP contribution in [0.1, 0.15) is 33.6 Å². The standard InChI is InChI=1S/C10H20O3/c1-5-10(3)6-8(12-4)13-7(2)9(10)11/h7-9,11H,5-6H2,1-4H3/t7-,8?,9-,10-/m0/s1. The first-order valence-corrected chi connectivity index (χ1v) is 4.90. The van der Waals surface area contributed by atoms with Gasteiger partial charge in [-0.1, -0.05) is 13.8 Å². The Morgan fingerprint density at radius 3 is 2.69 bits per heavy atom. The molecule has 0 aliphatic carbocycles. The number of aliphatic hydroxyl groups is 1. The molecule has 3 heteroatoms. The molecule has 0 spiro atoms. The number of aliphatic hydroxyl groups excluding tert-OH is 1. The van der Waals surface area contributed by atoms with E-state index in [9.17, 15) is 5.11 Å².